The van der Waals surface area contributed by atoms with E-state index in [-0.39, 0.29) is 0 Å². The van der Waals surface area contributed by atoms with E-state index in [0.717, 1.165) is 65.0 Å². The van der Waals surface area contributed by atoms with Crippen LogP contribution in [0.2, 0.25) is 0 Å². The van der Waals surface area contributed by atoms with Gasteiger partial charge in [-0.2, -0.15) is 0 Å². The van der Waals surface area contributed by atoms with Crippen LogP contribution in [-0.4, -0.2) is 19.9 Å². The number of furan rings is 1. The molecule has 0 aliphatic rings. The molecule has 12 rings (SSSR count). The van der Waals surface area contributed by atoms with Crippen LogP contribution in [0.25, 0.3) is 120 Å². The van der Waals surface area contributed by atoms with Gasteiger partial charge in [0.2, 0.25) is 0 Å². The number of benzene rings is 9. The van der Waals surface area contributed by atoms with Crippen molar-refractivity contribution in [2.24, 2.45) is 0 Å². The summed E-state index contributed by atoms with van der Waals surface area (Å²) in [6, 6.07) is 63.6. The highest BCUT2D eigenvalue weighted by Gasteiger charge is 2.19. The van der Waals surface area contributed by atoms with E-state index in [4.69, 9.17) is 24.4 Å². The van der Waals surface area contributed by atoms with Crippen molar-refractivity contribution in [1.29, 1.82) is 0 Å². The summed E-state index contributed by atoms with van der Waals surface area (Å²) in [6.07, 6.45) is 0. The second-order valence-electron chi connectivity index (χ2n) is 14.6. The third kappa shape index (κ3) is 5.30. The molecule has 58 heavy (non-hydrogen) atoms. The highest BCUT2D eigenvalue weighted by Crippen LogP contribution is 2.40. The third-order valence-corrected chi connectivity index (χ3v) is 12.2. The zero-order valence-electron chi connectivity index (χ0n) is 30.9. The first kappa shape index (κ1) is 32.7. The van der Waals surface area contributed by atoms with Gasteiger partial charge in [0.1, 0.15) is 16.2 Å². The fraction of sp³-hybridized carbons (Fsp3) is 0. The van der Waals surface area contributed by atoms with Crippen molar-refractivity contribution in [3.63, 3.8) is 0 Å². The maximum absolute atomic E-state index is 6.13. The number of thiazole rings is 1. The predicted molar refractivity (Wildman–Crippen MR) is 240 cm³/mol. The number of rotatable bonds is 5. The van der Waals surface area contributed by atoms with Gasteiger partial charge < -0.3 is 4.42 Å². The van der Waals surface area contributed by atoms with Gasteiger partial charge in [-0.3, -0.25) is 0 Å². The fourth-order valence-electron chi connectivity index (χ4n) is 8.38. The van der Waals surface area contributed by atoms with Gasteiger partial charge in [0.15, 0.2) is 17.5 Å². The predicted octanol–water partition coefficient (Wildman–Crippen LogP) is 14.2. The van der Waals surface area contributed by atoms with Gasteiger partial charge in [0, 0.05) is 33.0 Å². The van der Waals surface area contributed by atoms with Gasteiger partial charge in [-0.15, -0.1) is 11.3 Å². The topological polar surface area (TPSA) is 64.7 Å². The minimum absolute atomic E-state index is 0.577. The van der Waals surface area contributed by atoms with Crippen LogP contribution in [-0.2, 0) is 0 Å². The normalized spacial score (nSPS) is 11.8. The van der Waals surface area contributed by atoms with Crippen molar-refractivity contribution in [3.8, 4) is 55.9 Å². The van der Waals surface area contributed by atoms with E-state index >= 15 is 0 Å². The maximum Gasteiger partial charge on any atom is 0.166 e. The van der Waals surface area contributed by atoms with Gasteiger partial charge >= 0.3 is 0 Å². The molecule has 270 valence electrons. The first-order valence-corrected chi connectivity index (χ1v) is 20.1. The summed E-state index contributed by atoms with van der Waals surface area (Å²) in [6.45, 7) is 0. The van der Waals surface area contributed by atoms with Crippen LogP contribution in [0.5, 0.6) is 0 Å². The molecule has 12 aromatic rings. The van der Waals surface area contributed by atoms with Crippen LogP contribution in [0.1, 0.15) is 0 Å². The van der Waals surface area contributed by atoms with Gasteiger partial charge in [-0.25, -0.2) is 19.9 Å². The first-order valence-electron chi connectivity index (χ1n) is 19.3. The molecule has 3 aromatic heterocycles. The van der Waals surface area contributed by atoms with E-state index in [1.165, 1.54) is 37.9 Å². The second-order valence-corrected chi connectivity index (χ2v) is 15.6. The Morgan fingerprint density at radius 1 is 0.328 bits per heavy atom. The van der Waals surface area contributed by atoms with Gasteiger partial charge in [-0.1, -0.05) is 133 Å². The molecule has 0 aliphatic carbocycles. The van der Waals surface area contributed by atoms with Crippen molar-refractivity contribution in [2.75, 3.05) is 0 Å². The lowest BCUT2D eigenvalue weighted by Crippen LogP contribution is -2.00. The molecule has 0 unspecified atom stereocenters. The molecular formula is C52H30N4OS. The van der Waals surface area contributed by atoms with Crippen molar-refractivity contribution < 1.29 is 4.42 Å². The highest BCUT2D eigenvalue weighted by molar-refractivity contribution is 7.21. The van der Waals surface area contributed by atoms with Gasteiger partial charge in [-0.05, 0) is 92.0 Å². The minimum Gasteiger partial charge on any atom is -0.456 e. The quantitative estimate of drug-likeness (QED) is 0.164. The Hall–Kier alpha value is -7.54. The Bertz CT molecular complexity index is 3550. The molecule has 0 amide bonds. The minimum atomic E-state index is 0.577. The summed E-state index contributed by atoms with van der Waals surface area (Å²) in [5.74, 6) is 1.77. The van der Waals surface area contributed by atoms with Crippen LogP contribution in [0, 0.1) is 0 Å². The largest absolute Gasteiger partial charge is 0.456 e. The van der Waals surface area contributed by atoms with E-state index < -0.39 is 0 Å². The summed E-state index contributed by atoms with van der Waals surface area (Å²) >= 11 is 1.68. The molecule has 9 aromatic carbocycles. The Balaban J connectivity index is 0.974. The number of hydrogen-bond donors (Lipinski definition) is 0. The van der Waals surface area contributed by atoms with Crippen molar-refractivity contribution in [2.45, 2.75) is 0 Å². The van der Waals surface area contributed by atoms with Crippen LogP contribution in [0.4, 0.5) is 0 Å². The summed E-state index contributed by atoms with van der Waals surface area (Å²) in [5, 5.41) is 10.6. The average Bonchev–Trinajstić information content (AvgIpc) is 3.91. The average molecular weight is 759 g/mol. The molecule has 5 nitrogen and oxygen atoms in total. The highest BCUT2D eigenvalue weighted by atomic mass is 32.1. The zero-order valence-corrected chi connectivity index (χ0v) is 31.7. The summed E-state index contributed by atoms with van der Waals surface area (Å²) < 4.78 is 7.20. The lowest BCUT2D eigenvalue weighted by Gasteiger charge is -2.12. The first-order chi connectivity index (χ1) is 28.7. The molecular weight excluding hydrogens is 729 g/mol. The summed E-state index contributed by atoms with van der Waals surface area (Å²) in [7, 11) is 0. The van der Waals surface area contributed by atoms with Crippen LogP contribution in [0.3, 0.4) is 0 Å². The maximum atomic E-state index is 6.13. The van der Waals surface area contributed by atoms with Crippen molar-refractivity contribution >= 4 is 75.8 Å². The van der Waals surface area contributed by atoms with Crippen LogP contribution >= 0.6 is 11.3 Å². The molecule has 3 heterocycles. The van der Waals surface area contributed by atoms with Crippen molar-refractivity contribution in [1.82, 2.24) is 19.9 Å². The fourth-order valence-corrected chi connectivity index (χ4v) is 9.37. The van der Waals surface area contributed by atoms with Crippen LogP contribution < -0.4 is 0 Å². The number of aromatic nitrogens is 4. The zero-order chi connectivity index (χ0) is 38.2. The molecule has 0 fully saturated rings. The molecule has 0 radical (unpaired) electrons. The molecule has 0 spiro atoms. The number of nitrogens with zero attached hydrogens (tertiary/aromatic N) is 4. The Morgan fingerprint density at radius 2 is 0.879 bits per heavy atom. The Kier molecular flexibility index (Phi) is 7.33. The van der Waals surface area contributed by atoms with E-state index in [1.54, 1.807) is 11.3 Å². The van der Waals surface area contributed by atoms with E-state index in [1.807, 2.05) is 60.7 Å². The van der Waals surface area contributed by atoms with Gasteiger partial charge in [0.05, 0.1) is 10.2 Å². The molecule has 0 bridgehead atoms. The monoisotopic (exact) mass is 758 g/mol. The van der Waals surface area contributed by atoms with Crippen LogP contribution in [0.15, 0.2) is 186 Å². The number of hydrogen-bond acceptors (Lipinski definition) is 6. The van der Waals surface area contributed by atoms with Crippen molar-refractivity contribution in [3.05, 3.63) is 182 Å². The Labute approximate surface area is 336 Å². The van der Waals surface area contributed by atoms with E-state index in [9.17, 15) is 0 Å². The molecule has 0 atom stereocenters. The molecule has 0 aliphatic heterocycles. The smallest absolute Gasteiger partial charge is 0.166 e. The standard InChI is InChI=1S/C52H30N4OS/c1-2-12-31(13-3-1)49-54-50(34-25-27-46-44(30-34)41-20-8-9-22-45(41)57-46)56-51(55-49)42-21-11-23-47-48(42)53-52(58-47)35-15-10-14-32(28-35)33-24-26-40-38-18-5-4-16-36(38)37-17-6-7-19-39(37)43(40)29-33/h1-30H. The molecule has 6 heteroatoms. The van der Waals surface area contributed by atoms with E-state index in [0.29, 0.717) is 17.5 Å². The lowest BCUT2D eigenvalue weighted by molar-refractivity contribution is 0.669. The van der Waals surface area contributed by atoms with E-state index in [2.05, 4.69) is 121 Å². The second kappa shape index (κ2) is 13.0. The lowest BCUT2D eigenvalue weighted by atomic mass is 9.92. The molecule has 0 saturated carbocycles. The molecule has 0 N–H and O–H groups in total. The third-order valence-electron chi connectivity index (χ3n) is 11.1. The molecule has 0 saturated heterocycles. The van der Waals surface area contributed by atoms with Gasteiger partial charge in [0.25, 0.3) is 0 Å². The SMILES string of the molecule is c1ccc(-c2nc(-c3ccc4oc5ccccc5c4c3)nc(-c3cccc4sc(-c5cccc(-c6ccc7c8ccccc8c8ccccc8c7c6)c5)nc34)n2)cc1. The number of para-hydroxylation sites is 2. The summed E-state index contributed by atoms with van der Waals surface area (Å²) in [4.78, 5) is 20.5. The Morgan fingerprint density at radius 3 is 1.67 bits per heavy atom. The number of fused-ring (bicyclic) bond motifs is 10. The summed E-state index contributed by atoms with van der Waals surface area (Å²) in [5.41, 5.74) is 8.59.